The fraction of sp³-hybridized carbons (Fsp3) is 0.0400. The molecule has 0 aliphatic heterocycles. The van der Waals surface area contributed by atoms with Crippen LogP contribution in [0.4, 0.5) is 5.69 Å². The van der Waals surface area contributed by atoms with Crippen molar-refractivity contribution < 1.29 is 5.11 Å². The number of H-pyrrole nitrogens is 2. The summed E-state index contributed by atoms with van der Waals surface area (Å²) < 4.78 is 0. The van der Waals surface area contributed by atoms with Gasteiger partial charge < -0.3 is 15.1 Å². The molecule has 0 aliphatic carbocycles. The molecular formula is C25H20N4O. The van der Waals surface area contributed by atoms with Crippen LogP contribution in [0.2, 0.25) is 0 Å². The fourth-order valence-electron chi connectivity index (χ4n) is 3.70. The van der Waals surface area contributed by atoms with Gasteiger partial charge in [0.1, 0.15) is 0 Å². The first kappa shape index (κ1) is 17.9. The van der Waals surface area contributed by atoms with Gasteiger partial charge in [-0.2, -0.15) is 0 Å². The zero-order valence-corrected chi connectivity index (χ0v) is 16.4. The lowest BCUT2D eigenvalue weighted by Crippen LogP contribution is -2.02. The second kappa shape index (κ2) is 7.37. The average molecular weight is 392 g/mol. The Balaban J connectivity index is 1.65. The van der Waals surface area contributed by atoms with E-state index in [2.05, 4.69) is 15.0 Å². The van der Waals surface area contributed by atoms with E-state index in [0.29, 0.717) is 11.3 Å². The molecular weight excluding hydrogens is 372 g/mol. The Morgan fingerprint density at radius 1 is 0.900 bits per heavy atom. The molecule has 0 unspecified atom stereocenters. The number of aromatic hydroxyl groups is 1. The molecule has 5 heteroatoms. The summed E-state index contributed by atoms with van der Waals surface area (Å²) >= 11 is 0. The molecule has 2 heterocycles. The largest absolute Gasteiger partial charge is 0.494 e. The van der Waals surface area contributed by atoms with Crippen molar-refractivity contribution >= 4 is 22.3 Å². The summed E-state index contributed by atoms with van der Waals surface area (Å²) in [5, 5.41) is 11.6. The van der Waals surface area contributed by atoms with Gasteiger partial charge in [0, 0.05) is 27.7 Å². The minimum Gasteiger partial charge on any atom is -0.494 e. The minimum atomic E-state index is 0.113. The molecule has 0 bridgehead atoms. The number of hydrogen-bond donors (Lipinski definition) is 3. The number of fused-ring (bicyclic) bond motifs is 1. The number of aliphatic imine (C=N–C) groups is 1. The molecule has 3 N–H and O–H groups in total. The lowest BCUT2D eigenvalue weighted by Gasteiger charge is -2.08. The fourth-order valence-corrected chi connectivity index (χ4v) is 3.70. The highest BCUT2D eigenvalue weighted by atomic mass is 16.3. The van der Waals surface area contributed by atoms with Crippen LogP contribution in [0.15, 0.2) is 90.2 Å². The minimum absolute atomic E-state index is 0.113. The third kappa shape index (κ3) is 3.16. The van der Waals surface area contributed by atoms with E-state index < -0.39 is 0 Å². The predicted molar refractivity (Wildman–Crippen MR) is 120 cm³/mol. The number of rotatable bonds is 4. The van der Waals surface area contributed by atoms with E-state index >= 15 is 0 Å². The highest BCUT2D eigenvalue weighted by Gasteiger charge is 2.18. The molecule has 0 aliphatic rings. The van der Waals surface area contributed by atoms with Crippen LogP contribution in [0, 0.1) is 6.92 Å². The Morgan fingerprint density at radius 2 is 1.63 bits per heavy atom. The predicted octanol–water partition coefficient (Wildman–Crippen LogP) is 5.74. The molecule has 0 fully saturated rings. The SMILES string of the molecule is Cc1[nH]cnc1-c1ccc(N=C(c2ccccc2)c2c(O)[nH]c3ccccc23)cc1. The maximum Gasteiger partial charge on any atom is 0.199 e. The number of aromatic nitrogens is 3. The lowest BCUT2D eigenvalue weighted by molar-refractivity contribution is 0.457. The highest BCUT2D eigenvalue weighted by molar-refractivity contribution is 6.21. The van der Waals surface area contributed by atoms with Crippen LogP contribution in [0.3, 0.4) is 0 Å². The quantitative estimate of drug-likeness (QED) is 0.341. The van der Waals surface area contributed by atoms with Crippen LogP contribution >= 0.6 is 0 Å². The van der Waals surface area contributed by atoms with E-state index in [4.69, 9.17) is 4.99 Å². The van der Waals surface area contributed by atoms with Gasteiger partial charge in [-0.25, -0.2) is 9.98 Å². The van der Waals surface area contributed by atoms with Gasteiger partial charge >= 0.3 is 0 Å². The highest BCUT2D eigenvalue weighted by Crippen LogP contribution is 2.32. The molecule has 5 nitrogen and oxygen atoms in total. The van der Waals surface area contributed by atoms with Gasteiger partial charge in [0.2, 0.25) is 0 Å². The molecule has 0 saturated carbocycles. The number of benzene rings is 3. The van der Waals surface area contributed by atoms with Crippen LogP contribution in [0.1, 0.15) is 16.8 Å². The topological polar surface area (TPSA) is 77.1 Å². The van der Waals surface area contributed by atoms with Crippen molar-refractivity contribution in [2.24, 2.45) is 4.99 Å². The molecule has 3 aromatic carbocycles. The van der Waals surface area contributed by atoms with Gasteiger partial charge in [-0.15, -0.1) is 0 Å². The van der Waals surface area contributed by atoms with E-state index in [-0.39, 0.29) is 5.88 Å². The first-order valence-corrected chi connectivity index (χ1v) is 9.75. The molecule has 2 aromatic heterocycles. The molecule has 30 heavy (non-hydrogen) atoms. The normalized spacial score (nSPS) is 11.8. The van der Waals surface area contributed by atoms with E-state index in [1.54, 1.807) is 6.33 Å². The van der Waals surface area contributed by atoms with E-state index in [9.17, 15) is 5.11 Å². The lowest BCUT2D eigenvalue weighted by atomic mass is 10.0. The number of imidazole rings is 1. The van der Waals surface area contributed by atoms with Gasteiger partial charge in [0.25, 0.3) is 0 Å². The van der Waals surface area contributed by atoms with Crippen molar-refractivity contribution in [2.75, 3.05) is 0 Å². The van der Waals surface area contributed by atoms with Crippen LogP contribution in [-0.4, -0.2) is 25.8 Å². The third-order valence-electron chi connectivity index (χ3n) is 5.18. The summed E-state index contributed by atoms with van der Waals surface area (Å²) in [6, 6.07) is 25.7. The van der Waals surface area contributed by atoms with Gasteiger partial charge in [-0.1, -0.05) is 60.7 Å². The van der Waals surface area contributed by atoms with Crippen molar-refractivity contribution in [2.45, 2.75) is 6.92 Å². The first-order chi connectivity index (χ1) is 14.7. The number of aromatic amines is 2. The Labute approximate surface area is 173 Å². The molecule has 5 rings (SSSR count). The van der Waals surface area contributed by atoms with Crippen molar-refractivity contribution in [3.8, 4) is 17.1 Å². The summed E-state index contributed by atoms with van der Waals surface area (Å²) in [5.41, 5.74) is 7.02. The standard InChI is InChI=1S/C25H20N4O/c1-16-23(27-15-26-16)18-11-13-19(14-12-18)28-24(17-7-3-2-4-8-17)22-20-9-5-6-10-21(20)29-25(22)30/h2-15,29-30H,1H3,(H,26,27). The maximum absolute atomic E-state index is 10.7. The summed E-state index contributed by atoms with van der Waals surface area (Å²) in [6.45, 7) is 2.00. The van der Waals surface area contributed by atoms with Crippen LogP contribution < -0.4 is 0 Å². The van der Waals surface area contributed by atoms with Crippen LogP contribution in [-0.2, 0) is 0 Å². The van der Waals surface area contributed by atoms with Crippen molar-refractivity contribution in [1.82, 2.24) is 15.0 Å². The Hall–Kier alpha value is -4.12. The molecule has 0 spiro atoms. The monoisotopic (exact) mass is 392 g/mol. The molecule has 0 amide bonds. The van der Waals surface area contributed by atoms with E-state index in [0.717, 1.165) is 39.1 Å². The summed E-state index contributed by atoms with van der Waals surface area (Å²) in [6.07, 6.45) is 1.70. The van der Waals surface area contributed by atoms with Gasteiger partial charge in [0.05, 0.1) is 29.0 Å². The molecule has 146 valence electrons. The van der Waals surface area contributed by atoms with Gasteiger partial charge in [-0.05, 0) is 25.1 Å². The summed E-state index contributed by atoms with van der Waals surface area (Å²) in [4.78, 5) is 15.5. The molecule has 0 radical (unpaired) electrons. The molecule has 5 aromatic rings. The summed E-state index contributed by atoms with van der Waals surface area (Å²) in [7, 11) is 0. The van der Waals surface area contributed by atoms with E-state index in [1.807, 2.05) is 85.8 Å². The maximum atomic E-state index is 10.7. The van der Waals surface area contributed by atoms with Crippen LogP contribution in [0.5, 0.6) is 5.88 Å². The number of nitrogens with one attached hydrogen (secondary N) is 2. The van der Waals surface area contributed by atoms with Crippen molar-refractivity contribution in [3.63, 3.8) is 0 Å². The number of hydrogen-bond acceptors (Lipinski definition) is 3. The first-order valence-electron chi connectivity index (χ1n) is 9.75. The Kier molecular flexibility index (Phi) is 4.41. The van der Waals surface area contributed by atoms with Gasteiger partial charge in [0.15, 0.2) is 5.88 Å². The van der Waals surface area contributed by atoms with Crippen LogP contribution in [0.25, 0.3) is 22.2 Å². The second-order valence-electron chi connectivity index (χ2n) is 7.14. The Bertz CT molecular complexity index is 1350. The second-order valence-corrected chi connectivity index (χ2v) is 7.14. The average Bonchev–Trinajstić information content (AvgIpc) is 3.35. The zero-order valence-electron chi connectivity index (χ0n) is 16.4. The van der Waals surface area contributed by atoms with E-state index in [1.165, 1.54) is 0 Å². The van der Waals surface area contributed by atoms with Crippen molar-refractivity contribution in [1.29, 1.82) is 0 Å². The number of nitrogens with zero attached hydrogens (tertiary/aromatic N) is 2. The molecule has 0 saturated heterocycles. The smallest absolute Gasteiger partial charge is 0.199 e. The Morgan fingerprint density at radius 3 is 2.37 bits per heavy atom. The summed E-state index contributed by atoms with van der Waals surface area (Å²) in [5.74, 6) is 0.113. The van der Waals surface area contributed by atoms with Crippen molar-refractivity contribution in [3.05, 3.63) is 102 Å². The van der Waals surface area contributed by atoms with Gasteiger partial charge in [-0.3, -0.25) is 0 Å². The third-order valence-corrected chi connectivity index (χ3v) is 5.18. The zero-order chi connectivity index (χ0) is 20.5. The number of aryl methyl sites for hydroxylation is 1. The molecule has 0 atom stereocenters. The number of para-hydroxylation sites is 1.